The molecule has 0 atom stereocenters. The Kier molecular flexibility index (Phi) is 3.01. The zero-order valence-electron chi connectivity index (χ0n) is 11.0. The van der Waals surface area contributed by atoms with E-state index in [9.17, 15) is 9.59 Å². The molecular weight excluding hydrogens is 242 g/mol. The van der Waals surface area contributed by atoms with Crippen molar-refractivity contribution in [2.45, 2.75) is 31.8 Å². The Morgan fingerprint density at radius 1 is 1.37 bits per heavy atom. The average Bonchev–Trinajstić information content (AvgIpc) is 3.16. The van der Waals surface area contributed by atoms with E-state index in [2.05, 4.69) is 0 Å². The van der Waals surface area contributed by atoms with Crippen LogP contribution in [0.25, 0.3) is 0 Å². The van der Waals surface area contributed by atoms with Gasteiger partial charge in [0.2, 0.25) is 5.91 Å². The van der Waals surface area contributed by atoms with E-state index in [0.717, 1.165) is 6.29 Å². The lowest BCUT2D eigenvalue weighted by Crippen LogP contribution is -2.55. The van der Waals surface area contributed by atoms with Crippen molar-refractivity contribution < 1.29 is 14.3 Å². The van der Waals surface area contributed by atoms with Crippen molar-refractivity contribution in [2.24, 2.45) is 0 Å². The van der Waals surface area contributed by atoms with Gasteiger partial charge in [0.1, 0.15) is 11.9 Å². The van der Waals surface area contributed by atoms with Crippen molar-refractivity contribution in [1.29, 1.82) is 0 Å². The van der Waals surface area contributed by atoms with Crippen molar-refractivity contribution in [1.82, 2.24) is 4.90 Å². The summed E-state index contributed by atoms with van der Waals surface area (Å²) in [6, 6.07) is 5.86. The van der Waals surface area contributed by atoms with E-state index < -0.39 is 0 Å². The van der Waals surface area contributed by atoms with Crippen molar-refractivity contribution in [3.05, 3.63) is 29.3 Å². The van der Waals surface area contributed by atoms with Crippen molar-refractivity contribution in [3.63, 3.8) is 0 Å². The molecule has 4 nitrogen and oxygen atoms in total. The van der Waals surface area contributed by atoms with E-state index in [1.165, 1.54) is 18.4 Å². The maximum atomic E-state index is 11.1. The molecule has 1 saturated carbocycles. The maximum Gasteiger partial charge on any atom is 0.219 e. The molecule has 1 aliphatic carbocycles. The van der Waals surface area contributed by atoms with Crippen molar-refractivity contribution in [3.8, 4) is 5.75 Å². The van der Waals surface area contributed by atoms with Crippen LogP contribution in [-0.4, -0.2) is 36.3 Å². The minimum atomic E-state index is 0.00868. The molecule has 2 aliphatic rings. The first kappa shape index (κ1) is 12.2. The summed E-state index contributed by atoms with van der Waals surface area (Å²) in [4.78, 5) is 24.0. The van der Waals surface area contributed by atoms with Crippen LogP contribution >= 0.6 is 0 Å². The largest absolute Gasteiger partial charge is 0.486 e. The second-order valence-electron chi connectivity index (χ2n) is 5.35. The summed E-state index contributed by atoms with van der Waals surface area (Å²) in [5.74, 6) is 1.33. The predicted octanol–water partition coefficient (Wildman–Crippen LogP) is 1.99. The normalized spacial score (nSPS) is 18.9. The lowest BCUT2D eigenvalue weighted by atomic mass is 10.1. The van der Waals surface area contributed by atoms with Gasteiger partial charge in [-0.1, -0.05) is 6.07 Å². The highest BCUT2D eigenvalue weighted by Gasteiger charge is 2.31. The third kappa shape index (κ3) is 2.48. The van der Waals surface area contributed by atoms with Crippen LogP contribution in [0.3, 0.4) is 0 Å². The molecule has 0 radical (unpaired) electrons. The molecule has 0 aromatic heterocycles. The number of carbonyl (C=O) groups is 2. The first-order chi connectivity index (χ1) is 9.17. The third-order valence-corrected chi connectivity index (χ3v) is 3.80. The number of aldehydes is 1. The Morgan fingerprint density at radius 3 is 2.68 bits per heavy atom. The van der Waals surface area contributed by atoms with Crippen LogP contribution < -0.4 is 4.74 Å². The monoisotopic (exact) mass is 259 g/mol. The third-order valence-electron chi connectivity index (χ3n) is 3.80. The summed E-state index contributed by atoms with van der Waals surface area (Å²) < 4.78 is 5.78. The van der Waals surface area contributed by atoms with Crippen LogP contribution in [0.2, 0.25) is 0 Å². The Morgan fingerprint density at radius 2 is 2.11 bits per heavy atom. The molecule has 4 heteroatoms. The lowest BCUT2D eigenvalue weighted by molar-refractivity contribution is -0.137. The highest BCUT2D eigenvalue weighted by atomic mass is 16.5. The van der Waals surface area contributed by atoms with Gasteiger partial charge in [-0.15, -0.1) is 0 Å². The molecule has 0 bridgehead atoms. The highest BCUT2D eigenvalue weighted by Crippen LogP contribution is 2.41. The number of carbonyl (C=O) groups excluding carboxylic acids is 2. The zero-order valence-corrected chi connectivity index (χ0v) is 11.0. The second-order valence-corrected chi connectivity index (χ2v) is 5.35. The summed E-state index contributed by atoms with van der Waals surface area (Å²) in [5.41, 5.74) is 1.85. The van der Waals surface area contributed by atoms with Gasteiger partial charge in [-0.05, 0) is 36.5 Å². The van der Waals surface area contributed by atoms with E-state index in [0.29, 0.717) is 30.3 Å². The van der Waals surface area contributed by atoms with Gasteiger partial charge in [-0.25, -0.2) is 0 Å². The Labute approximate surface area is 112 Å². The molecule has 0 unspecified atom stereocenters. The van der Waals surface area contributed by atoms with Crippen LogP contribution in [0.15, 0.2) is 18.2 Å². The quantitative estimate of drug-likeness (QED) is 0.777. The van der Waals surface area contributed by atoms with Crippen molar-refractivity contribution >= 4 is 12.2 Å². The Hall–Kier alpha value is -1.84. The lowest BCUT2D eigenvalue weighted by Gasteiger charge is -2.38. The predicted molar refractivity (Wildman–Crippen MR) is 70.5 cm³/mol. The fourth-order valence-electron chi connectivity index (χ4n) is 2.39. The number of rotatable bonds is 4. The van der Waals surface area contributed by atoms with Gasteiger partial charge >= 0.3 is 0 Å². The molecule has 0 spiro atoms. The highest BCUT2D eigenvalue weighted by molar-refractivity contribution is 5.80. The minimum Gasteiger partial charge on any atom is -0.486 e. The fraction of sp³-hybridized carbons (Fsp3) is 0.467. The minimum absolute atomic E-state index is 0.00868. The molecule has 3 rings (SSSR count). The van der Waals surface area contributed by atoms with Gasteiger partial charge in [0.25, 0.3) is 0 Å². The molecule has 19 heavy (non-hydrogen) atoms. The van der Waals surface area contributed by atoms with Gasteiger partial charge < -0.3 is 9.64 Å². The topological polar surface area (TPSA) is 46.6 Å². The smallest absolute Gasteiger partial charge is 0.219 e. The van der Waals surface area contributed by atoms with Crippen LogP contribution in [0, 0.1) is 0 Å². The number of likely N-dealkylation sites (tertiary alicyclic amines) is 1. The molecule has 100 valence electrons. The van der Waals surface area contributed by atoms with E-state index in [1.54, 1.807) is 11.8 Å². The van der Waals surface area contributed by atoms with Gasteiger partial charge in [-0.3, -0.25) is 9.59 Å². The van der Waals surface area contributed by atoms with E-state index in [4.69, 9.17) is 4.74 Å². The van der Waals surface area contributed by atoms with E-state index in [-0.39, 0.29) is 12.0 Å². The maximum absolute atomic E-state index is 11.1. The summed E-state index contributed by atoms with van der Waals surface area (Å²) >= 11 is 0. The molecule has 1 aromatic rings. The zero-order chi connectivity index (χ0) is 13.4. The molecule has 1 aromatic carbocycles. The van der Waals surface area contributed by atoms with Crippen LogP contribution in [0.4, 0.5) is 0 Å². The molecule has 1 aliphatic heterocycles. The summed E-state index contributed by atoms with van der Waals surface area (Å²) in [6.45, 7) is 2.77. The van der Waals surface area contributed by atoms with E-state index >= 15 is 0 Å². The van der Waals surface area contributed by atoms with Crippen LogP contribution in [0.5, 0.6) is 5.75 Å². The SMILES string of the molecule is CC(=O)N1CC(Oc2ccc(C3CC3)cc2C=O)C1. The van der Waals surface area contributed by atoms with Gasteiger partial charge in [-0.2, -0.15) is 0 Å². The summed E-state index contributed by atoms with van der Waals surface area (Å²) in [6.07, 6.45) is 3.29. The number of benzene rings is 1. The number of amides is 1. The number of hydrogen-bond acceptors (Lipinski definition) is 3. The van der Waals surface area contributed by atoms with Gasteiger partial charge in [0.15, 0.2) is 6.29 Å². The molecule has 2 fully saturated rings. The van der Waals surface area contributed by atoms with Gasteiger partial charge in [0, 0.05) is 6.92 Å². The van der Waals surface area contributed by atoms with Crippen LogP contribution in [0.1, 0.15) is 41.6 Å². The number of nitrogens with zero attached hydrogens (tertiary/aromatic N) is 1. The number of ether oxygens (including phenoxy) is 1. The first-order valence-electron chi connectivity index (χ1n) is 6.68. The van der Waals surface area contributed by atoms with E-state index in [1.807, 2.05) is 18.2 Å². The second kappa shape index (κ2) is 4.68. The standard InChI is InChI=1S/C15H17NO3/c1-10(18)16-7-14(8-16)19-15-5-4-12(11-2-3-11)6-13(15)9-17/h4-6,9,11,14H,2-3,7-8H2,1H3. The summed E-state index contributed by atoms with van der Waals surface area (Å²) in [7, 11) is 0. The first-order valence-corrected chi connectivity index (χ1v) is 6.68. The van der Waals surface area contributed by atoms with Gasteiger partial charge in [0.05, 0.1) is 18.7 Å². The molecule has 1 amide bonds. The molecule has 1 saturated heterocycles. The Bertz CT molecular complexity index is 516. The molecular formula is C15H17NO3. The molecule has 1 heterocycles. The molecule has 0 N–H and O–H groups in total. The fourth-order valence-corrected chi connectivity index (χ4v) is 2.39. The average molecular weight is 259 g/mol. The Balaban J connectivity index is 1.67. The van der Waals surface area contributed by atoms with Crippen LogP contribution in [-0.2, 0) is 4.79 Å². The van der Waals surface area contributed by atoms with Crippen molar-refractivity contribution in [2.75, 3.05) is 13.1 Å². The summed E-state index contributed by atoms with van der Waals surface area (Å²) in [5, 5.41) is 0. The number of hydrogen-bond donors (Lipinski definition) is 0.